The lowest BCUT2D eigenvalue weighted by atomic mass is 9.82. The highest BCUT2D eigenvalue weighted by Crippen LogP contribution is 2.30. The Hall–Kier alpha value is -1.67. The summed E-state index contributed by atoms with van der Waals surface area (Å²) in [5, 5.41) is 0. The Labute approximate surface area is 119 Å². The normalized spacial score (nSPS) is 17.4. The molecule has 0 radical (unpaired) electrons. The van der Waals surface area contributed by atoms with Crippen molar-refractivity contribution in [3.8, 4) is 0 Å². The summed E-state index contributed by atoms with van der Waals surface area (Å²) < 4.78 is 13.1. The van der Waals surface area contributed by atoms with Crippen LogP contribution in [0.5, 0.6) is 0 Å². The Morgan fingerprint density at radius 3 is 2.20 bits per heavy atom. The predicted molar refractivity (Wildman–Crippen MR) is 80.1 cm³/mol. The molecule has 0 amide bonds. The molecule has 0 fully saturated rings. The fraction of sp³-hybridized carbons (Fsp3) is 0.333. The second-order valence-corrected chi connectivity index (χ2v) is 5.90. The van der Waals surface area contributed by atoms with Gasteiger partial charge in [-0.15, -0.1) is 0 Å². The molecule has 0 spiro atoms. The Morgan fingerprint density at radius 2 is 1.50 bits per heavy atom. The molecule has 0 aliphatic heterocycles. The number of fused-ring (bicyclic) bond motifs is 1. The Morgan fingerprint density at radius 1 is 0.900 bits per heavy atom. The van der Waals surface area contributed by atoms with Gasteiger partial charge < -0.3 is 5.73 Å². The lowest BCUT2D eigenvalue weighted by Gasteiger charge is -2.28. The minimum absolute atomic E-state index is 0.227. The van der Waals surface area contributed by atoms with Crippen molar-refractivity contribution in [1.82, 2.24) is 0 Å². The fourth-order valence-corrected chi connectivity index (χ4v) is 3.02. The first-order valence-corrected chi connectivity index (χ1v) is 7.24. The van der Waals surface area contributed by atoms with Crippen molar-refractivity contribution < 1.29 is 4.39 Å². The van der Waals surface area contributed by atoms with Gasteiger partial charge in [-0.25, -0.2) is 4.39 Å². The van der Waals surface area contributed by atoms with Crippen LogP contribution in [0.25, 0.3) is 0 Å². The number of hydrogen-bond acceptors (Lipinski definition) is 1. The molecular weight excluding hydrogens is 249 g/mol. The molecule has 1 nitrogen and oxygen atoms in total. The number of hydrogen-bond donors (Lipinski definition) is 1. The van der Waals surface area contributed by atoms with E-state index >= 15 is 0 Å². The van der Waals surface area contributed by atoms with E-state index in [9.17, 15) is 4.39 Å². The second kappa shape index (κ2) is 5.02. The molecule has 0 saturated heterocycles. The number of benzene rings is 2. The van der Waals surface area contributed by atoms with Crippen LogP contribution in [0, 0.1) is 5.82 Å². The summed E-state index contributed by atoms with van der Waals surface area (Å²) in [6.07, 6.45) is 4.86. The monoisotopic (exact) mass is 269 g/mol. The summed E-state index contributed by atoms with van der Waals surface area (Å²) >= 11 is 0. The van der Waals surface area contributed by atoms with E-state index in [0.29, 0.717) is 0 Å². The van der Waals surface area contributed by atoms with Gasteiger partial charge in [0.05, 0.1) is 5.54 Å². The lowest BCUT2D eigenvalue weighted by molar-refractivity contribution is 0.589. The summed E-state index contributed by atoms with van der Waals surface area (Å²) in [6.45, 7) is 1.99. The van der Waals surface area contributed by atoms with E-state index in [1.165, 1.54) is 42.5 Å². The zero-order chi connectivity index (χ0) is 14.2. The highest BCUT2D eigenvalue weighted by atomic mass is 19.1. The van der Waals surface area contributed by atoms with E-state index in [4.69, 9.17) is 5.73 Å². The van der Waals surface area contributed by atoms with E-state index in [2.05, 4.69) is 18.2 Å². The SMILES string of the molecule is CC(N)(c1ccc(F)cc1)c1ccc2c(c1)CCCC2. The third-order valence-corrected chi connectivity index (χ3v) is 4.39. The summed E-state index contributed by atoms with van der Waals surface area (Å²) in [5.41, 5.74) is 10.9. The average Bonchev–Trinajstić information content (AvgIpc) is 2.47. The van der Waals surface area contributed by atoms with Gasteiger partial charge in [-0.05, 0) is 67.0 Å². The maximum Gasteiger partial charge on any atom is 0.123 e. The maximum atomic E-state index is 13.1. The van der Waals surface area contributed by atoms with Crippen LogP contribution in [0.3, 0.4) is 0 Å². The van der Waals surface area contributed by atoms with Crippen LogP contribution >= 0.6 is 0 Å². The fourth-order valence-electron chi connectivity index (χ4n) is 3.02. The topological polar surface area (TPSA) is 26.0 Å². The van der Waals surface area contributed by atoms with Crippen LogP contribution in [-0.4, -0.2) is 0 Å². The van der Waals surface area contributed by atoms with E-state index in [1.807, 2.05) is 6.92 Å². The molecule has 1 atom stereocenters. The van der Waals surface area contributed by atoms with Gasteiger partial charge in [-0.2, -0.15) is 0 Å². The van der Waals surface area contributed by atoms with Crippen molar-refractivity contribution in [2.45, 2.75) is 38.1 Å². The highest BCUT2D eigenvalue weighted by molar-refractivity contribution is 5.42. The van der Waals surface area contributed by atoms with Gasteiger partial charge in [0.25, 0.3) is 0 Å². The molecule has 0 saturated carbocycles. The van der Waals surface area contributed by atoms with Crippen LogP contribution < -0.4 is 5.73 Å². The van der Waals surface area contributed by atoms with Gasteiger partial charge in [-0.3, -0.25) is 0 Å². The predicted octanol–water partition coefficient (Wildman–Crippen LogP) is 3.93. The molecule has 2 aromatic rings. The molecular formula is C18H20FN. The van der Waals surface area contributed by atoms with Crippen molar-refractivity contribution >= 4 is 0 Å². The number of halogens is 1. The molecule has 0 heterocycles. The lowest BCUT2D eigenvalue weighted by Crippen LogP contribution is -2.34. The first-order valence-electron chi connectivity index (χ1n) is 7.24. The number of aryl methyl sites for hydroxylation is 2. The largest absolute Gasteiger partial charge is 0.318 e. The van der Waals surface area contributed by atoms with Crippen LogP contribution in [0.2, 0.25) is 0 Å². The van der Waals surface area contributed by atoms with Crippen LogP contribution in [-0.2, 0) is 18.4 Å². The molecule has 1 aliphatic rings. The zero-order valence-electron chi connectivity index (χ0n) is 11.8. The molecule has 1 unspecified atom stereocenters. The van der Waals surface area contributed by atoms with Crippen molar-refractivity contribution in [2.75, 3.05) is 0 Å². The Balaban J connectivity index is 2.00. The zero-order valence-corrected chi connectivity index (χ0v) is 11.8. The Kier molecular flexibility index (Phi) is 3.35. The van der Waals surface area contributed by atoms with E-state index in [-0.39, 0.29) is 5.82 Å². The summed E-state index contributed by atoms with van der Waals surface area (Å²) in [6, 6.07) is 13.0. The first kappa shape index (κ1) is 13.3. The number of rotatable bonds is 2. The Bertz CT molecular complexity index is 614. The van der Waals surface area contributed by atoms with Gasteiger partial charge in [0, 0.05) is 0 Å². The third kappa shape index (κ3) is 2.36. The highest BCUT2D eigenvalue weighted by Gasteiger charge is 2.25. The van der Waals surface area contributed by atoms with Crippen LogP contribution in [0.1, 0.15) is 42.0 Å². The molecule has 0 aromatic heterocycles. The molecule has 3 rings (SSSR count). The number of nitrogens with two attached hydrogens (primary N) is 1. The summed E-state index contributed by atoms with van der Waals surface area (Å²) in [7, 11) is 0. The van der Waals surface area contributed by atoms with E-state index in [1.54, 1.807) is 12.1 Å². The average molecular weight is 269 g/mol. The van der Waals surface area contributed by atoms with Gasteiger partial charge in [0.1, 0.15) is 5.82 Å². The van der Waals surface area contributed by atoms with Crippen LogP contribution in [0.4, 0.5) is 4.39 Å². The first-order chi connectivity index (χ1) is 9.57. The molecule has 20 heavy (non-hydrogen) atoms. The van der Waals surface area contributed by atoms with Crippen molar-refractivity contribution in [3.05, 3.63) is 70.5 Å². The third-order valence-electron chi connectivity index (χ3n) is 4.39. The molecule has 104 valence electrons. The molecule has 2 heteroatoms. The quantitative estimate of drug-likeness (QED) is 0.878. The summed E-state index contributed by atoms with van der Waals surface area (Å²) in [4.78, 5) is 0. The van der Waals surface area contributed by atoms with Crippen molar-refractivity contribution in [2.24, 2.45) is 5.73 Å². The standard InChI is InChI=1S/C18H20FN/c1-18(20,15-8-10-17(19)11-9-15)16-7-6-13-4-2-3-5-14(13)12-16/h6-12H,2-5,20H2,1H3. The molecule has 0 bridgehead atoms. The van der Waals surface area contributed by atoms with Gasteiger partial charge >= 0.3 is 0 Å². The van der Waals surface area contributed by atoms with Crippen molar-refractivity contribution in [3.63, 3.8) is 0 Å². The van der Waals surface area contributed by atoms with Gasteiger partial charge in [0.15, 0.2) is 0 Å². The molecule has 1 aliphatic carbocycles. The summed E-state index contributed by atoms with van der Waals surface area (Å²) in [5.74, 6) is -0.227. The van der Waals surface area contributed by atoms with Crippen LogP contribution in [0.15, 0.2) is 42.5 Å². The van der Waals surface area contributed by atoms with E-state index in [0.717, 1.165) is 17.5 Å². The van der Waals surface area contributed by atoms with Gasteiger partial charge in [0.2, 0.25) is 0 Å². The van der Waals surface area contributed by atoms with Gasteiger partial charge in [-0.1, -0.05) is 30.3 Å². The smallest absolute Gasteiger partial charge is 0.123 e. The second-order valence-electron chi connectivity index (χ2n) is 5.90. The van der Waals surface area contributed by atoms with Crippen molar-refractivity contribution in [1.29, 1.82) is 0 Å². The van der Waals surface area contributed by atoms with E-state index < -0.39 is 5.54 Å². The minimum atomic E-state index is -0.583. The molecule has 2 N–H and O–H groups in total. The molecule has 2 aromatic carbocycles. The maximum absolute atomic E-state index is 13.1. The minimum Gasteiger partial charge on any atom is -0.318 e.